The largest absolute Gasteiger partial charge is 0.490 e. The van der Waals surface area contributed by atoms with Crippen LogP contribution >= 0.6 is 28.1 Å². The van der Waals surface area contributed by atoms with Gasteiger partial charge in [-0.1, -0.05) is 28.1 Å². The number of hydrogen-bond donors (Lipinski definition) is 1. The second kappa shape index (κ2) is 6.50. The lowest BCUT2D eigenvalue weighted by Gasteiger charge is -2.23. The Balaban J connectivity index is 2.03. The summed E-state index contributed by atoms with van der Waals surface area (Å²) in [6.45, 7) is 1.38. The Morgan fingerprint density at radius 3 is 3.00 bits per heavy atom. The van der Waals surface area contributed by atoms with Crippen LogP contribution in [0.1, 0.15) is 24.8 Å². The van der Waals surface area contributed by atoms with Gasteiger partial charge in [0.15, 0.2) is 0 Å². The number of nitrogens with two attached hydrogens (primary N) is 1. The zero-order chi connectivity index (χ0) is 13.0. The first-order chi connectivity index (χ1) is 8.66. The molecule has 0 aliphatic carbocycles. The first kappa shape index (κ1) is 13.8. The van der Waals surface area contributed by atoms with Gasteiger partial charge in [0.05, 0.1) is 11.7 Å². The fraction of sp³-hybridized carbons (Fsp3) is 0.462. The minimum atomic E-state index is 0.178. The molecule has 0 bridgehead atoms. The molecule has 1 fully saturated rings. The Labute approximate surface area is 121 Å². The van der Waals surface area contributed by atoms with Gasteiger partial charge in [-0.15, -0.1) is 0 Å². The number of halogens is 1. The molecule has 18 heavy (non-hydrogen) atoms. The van der Waals surface area contributed by atoms with Crippen LogP contribution < -0.4 is 10.5 Å². The van der Waals surface area contributed by atoms with E-state index in [0.717, 1.165) is 29.5 Å². The molecule has 5 heteroatoms. The number of thiocarbonyl (C=S) groups is 1. The number of ether oxygens (including phenoxy) is 2. The summed E-state index contributed by atoms with van der Waals surface area (Å²) >= 11 is 8.43. The Morgan fingerprint density at radius 1 is 1.50 bits per heavy atom. The van der Waals surface area contributed by atoms with Gasteiger partial charge in [0.2, 0.25) is 0 Å². The molecule has 1 saturated heterocycles. The first-order valence-corrected chi connectivity index (χ1v) is 7.20. The molecular weight excluding hydrogens is 314 g/mol. The van der Waals surface area contributed by atoms with Gasteiger partial charge >= 0.3 is 0 Å². The van der Waals surface area contributed by atoms with Gasteiger partial charge in [-0.2, -0.15) is 0 Å². The Hall–Kier alpha value is -0.650. The zero-order valence-corrected chi connectivity index (χ0v) is 12.4. The summed E-state index contributed by atoms with van der Waals surface area (Å²) in [5.74, 6) is 0.714. The monoisotopic (exact) mass is 329 g/mol. The molecule has 98 valence electrons. The smallest absolute Gasteiger partial charge is 0.130 e. The molecule has 0 spiro atoms. The van der Waals surface area contributed by atoms with Gasteiger partial charge in [-0.25, -0.2) is 0 Å². The molecule has 3 nitrogen and oxygen atoms in total. The second-order valence-corrected chi connectivity index (χ2v) is 5.66. The van der Waals surface area contributed by atoms with E-state index in [2.05, 4.69) is 15.9 Å². The fourth-order valence-electron chi connectivity index (χ4n) is 1.94. The third kappa shape index (κ3) is 3.67. The molecule has 2 rings (SSSR count). The molecule has 1 aromatic carbocycles. The highest BCUT2D eigenvalue weighted by Crippen LogP contribution is 2.24. The van der Waals surface area contributed by atoms with Crippen molar-refractivity contribution in [3.63, 3.8) is 0 Å². The lowest BCUT2D eigenvalue weighted by molar-refractivity contribution is -0.0111. The molecule has 2 N–H and O–H groups in total. The molecule has 1 unspecified atom stereocenters. The summed E-state index contributed by atoms with van der Waals surface area (Å²) in [5, 5.41) is 0. The lowest BCUT2D eigenvalue weighted by atomic mass is 10.1. The minimum absolute atomic E-state index is 0.178. The van der Waals surface area contributed by atoms with Crippen LogP contribution in [0, 0.1) is 0 Å². The minimum Gasteiger partial charge on any atom is -0.490 e. The average Bonchev–Trinajstić information content (AvgIpc) is 2.37. The van der Waals surface area contributed by atoms with Gasteiger partial charge in [0.1, 0.15) is 17.3 Å². The molecule has 1 atom stereocenters. The maximum atomic E-state index is 5.80. The second-order valence-electron chi connectivity index (χ2n) is 4.30. The summed E-state index contributed by atoms with van der Waals surface area (Å²) in [5.41, 5.74) is 6.45. The van der Waals surface area contributed by atoms with Crippen molar-refractivity contribution in [2.24, 2.45) is 5.73 Å². The van der Waals surface area contributed by atoms with Gasteiger partial charge in [0.25, 0.3) is 0 Å². The summed E-state index contributed by atoms with van der Waals surface area (Å²) in [4.78, 5) is 0.349. The van der Waals surface area contributed by atoms with Crippen LogP contribution in [0.2, 0.25) is 0 Å². The molecule has 1 aliphatic heterocycles. The van der Waals surface area contributed by atoms with Crippen molar-refractivity contribution in [2.75, 3.05) is 13.2 Å². The Bertz CT molecular complexity index is 433. The van der Waals surface area contributed by atoms with Crippen molar-refractivity contribution in [3.05, 3.63) is 28.2 Å². The maximum absolute atomic E-state index is 5.80. The van der Waals surface area contributed by atoms with Crippen LogP contribution in [0.3, 0.4) is 0 Å². The van der Waals surface area contributed by atoms with E-state index < -0.39 is 0 Å². The highest BCUT2D eigenvalue weighted by Gasteiger charge is 2.16. The van der Waals surface area contributed by atoms with Gasteiger partial charge in [-0.3, -0.25) is 0 Å². The standard InChI is InChI=1S/C13H16BrNO2S/c14-9-4-5-11(13(15)18)12(7-9)17-8-10-3-1-2-6-16-10/h4-5,7,10H,1-3,6,8H2,(H2,15,18). The summed E-state index contributed by atoms with van der Waals surface area (Å²) < 4.78 is 12.4. The molecular formula is C13H16BrNO2S. The molecule has 1 heterocycles. The topological polar surface area (TPSA) is 44.5 Å². The van der Waals surface area contributed by atoms with E-state index in [9.17, 15) is 0 Å². The number of hydrogen-bond acceptors (Lipinski definition) is 3. The van der Waals surface area contributed by atoms with Crippen molar-refractivity contribution in [3.8, 4) is 5.75 Å². The summed E-state index contributed by atoms with van der Waals surface area (Å²) in [6, 6.07) is 5.65. The van der Waals surface area contributed by atoms with Gasteiger partial charge < -0.3 is 15.2 Å². The zero-order valence-electron chi connectivity index (χ0n) is 10.0. The molecule has 1 aromatic rings. The van der Waals surface area contributed by atoms with Crippen LogP contribution in [-0.4, -0.2) is 24.3 Å². The van der Waals surface area contributed by atoms with Crippen LogP contribution in [0.15, 0.2) is 22.7 Å². The SMILES string of the molecule is NC(=S)c1ccc(Br)cc1OCC1CCCCO1. The van der Waals surface area contributed by atoms with Crippen molar-refractivity contribution in [1.82, 2.24) is 0 Å². The van der Waals surface area contributed by atoms with E-state index >= 15 is 0 Å². The quantitative estimate of drug-likeness (QED) is 0.862. The predicted octanol–water partition coefficient (Wildman–Crippen LogP) is 3.03. The average molecular weight is 330 g/mol. The molecule has 1 aliphatic rings. The van der Waals surface area contributed by atoms with Crippen molar-refractivity contribution in [1.29, 1.82) is 0 Å². The normalized spacial score (nSPS) is 19.5. The van der Waals surface area contributed by atoms with Crippen LogP contribution in [-0.2, 0) is 4.74 Å². The van der Waals surface area contributed by atoms with E-state index in [1.807, 2.05) is 18.2 Å². The van der Waals surface area contributed by atoms with E-state index in [4.69, 9.17) is 27.4 Å². The van der Waals surface area contributed by atoms with Crippen molar-refractivity contribution < 1.29 is 9.47 Å². The van der Waals surface area contributed by atoms with Crippen molar-refractivity contribution >= 4 is 33.1 Å². The van der Waals surface area contributed by atoms with Gasteiger partial charge in [-0.05, 0) is 37.5 Å². The van der Waals surface area contributed by atoms with E-state index in [0.29, 0.717) is 17.3 Å². The number of rotatable bonds is 4. The third-order valence-corrected chi connectivity index (χ3v) is 3.62. The van der Waals surface area contributed by atoms with E-state index in [-0.39, 0.29) is 6.10 Å². The molecule has 0 saturated carbocycles. The predicted molar refractivity (Wildman–Crippen MR) is 79.1 cm³/mol. The van der Waals surface area contributed by atoms with Crippen LogP contribution in [0.5, 0.6) is 5.75 Å². The Morgan fingerprint density at radius 2 is 2.33 bits per heavy atom. The molecule has 0 aromatic heterocycles. The number of benzene rings is 1. The fourth-order valence-corrected chi connectivity index (χ4v) is 2.45. The van der Waals surface area contributed by atoms with Crippen molar-refractivity contribution in [2.45, 2.75) is 25.4 Å². The van der Waals surface area contributed by atoms with Crippen LogP contribution in [0.25, 0.3) is 0 Å². The first-order valence-electron chi connectivity index (χ1n) is 6.00. The van der Waals surface area contributed by atoms with E-state index in [1.165, 1.54) is 6.42 Å². The lowest BCUT2D eigenvalue weighted by Crippen LogP contribution is -2.26. The summed E-state index contributed by atoms with van der Waals surface area (Å²) in [6.07, 6.45) is 3.58. The summed E-state index contributed by atoms with van der Waals surface area (Å²) in [7, 11) is 0. The third-order valence-electron chi connectivity index (χ3n) is 2.91. The molecule has 0 amide bonds. The van der Waals surface area contributed by atoms with E-state index in [1.54, 1.807) is 0 Å². The molecule has 0 radical (unpaired) electrons. The van der Waals surface area contributed by atoms with Crippen LogP contribution in [0.4, 0.5) is 0 Å². The van der Waals surface area contributed by atoms with Gasteiger partial charge in [0, 0.05) is 11.1 Å². The maximum Gasteiger partial charge on any atom is 0.130 e. The highest BCUT2D eigenvalue weighted by atomic mass is 79.9. The highest BCUT2D eigenvalue weighted by molar-refractivity contribution is 9.10. The Kier molecular flexibility index (Phi) is 4.97.